The van der Waals surface area contributed by atoms with Crippen LogP contribution in [0.2, 0.25) is 0 Å². The molecule has 1 saturated heterocycles. The highest BCUT2D eigenvalue weighted by Gasteiger charge is 2.24. The molecule has 35 heavy (non-hydrogen) atoms. The molecule has 1 atom stereocenters. The third-order valence-electron chi connectivity index (χ3n) is 5.56. The van der Waals surface area contributed by atoms with Crippen molar-refractivity contribution < 1.29 is 23.9 Å². The van der Waals surface area contributed by atoms with Crippen LogP contribution in [0.1, 0.15) is 35.3 Å². The van der Waals surface area contributed by atoms with Crippen molar-refractivity contribution in [2.75, 3.05) is 32.9 Å². The monoisotopic (exact) mass is 480 g/mol. The number of morpholine rings is 1. The number of benzene rings is 2. The van der Waals surface area contributed by atoms with E-state index in [2.05, 4.69) is 15.8 Å². The Bertz CT molecular complexity index is 1050. The minimum absolute atomic E-state index is 0.0995. The first-order chi connectivity index (χ1) is 16.8. The van der Waals surface area contributed by atoms with Gasteiger partial charge in [-0.1, -0.05) is 43.7 Å². The van der Waals surface area contributed by atoms with Crippen LogP contribution in [0.5, 0.6) is 5.75 Å². The second-order valence-corrected chi connectivity index (χ2v) is 8.62. The molecule has 9 heteroatoms. The minimum Gasteiger partial charge on any atom is -0.483 e. The van der Waals surface area contributed by atoms with E-state index in [9.17, 15) is 14.4 Å². The lowest BCUT2D eigenvalue weighted by molar-refractivity contribution is -0.137. The first-order valence-electron chi connectivity index (χ1n) is 11.6. The molecule has 0 radical (unpaired) electrons. The number of para-hydroxylation sites is 1. The van der Waals surface area contributed by atoms with Crippen LogP contribution in [0, 0.1) is 12.8 Å². The van der Waals surface area contributed by atoms with Crippen molar-refractivity contribution in [1.82, 2.24) is 15.6 Å². The molecule has 1 aliphatic rings. The van der Waals surface area contributed by atoms with Crippen LogP contribution >= 0.6 is 0 Å². The fourth-order valence-corrected chi connectivity index (χ4v) is 3.46. The zero-order valence-electron chi connectivity index (χ0n) is 20.3. The molecular formula is C26H32N4O5. The number of hydrazone groups is 1. The number of carbonyl (C=O) groups is 3. The quantitative estimate of drug-likeness (QED) is 0.422. The lowest BCUT2D eigenvalue weighted by Crippen LogP contribution is -2.48. The van der Waals surface area contributed by atoms with Gasteiger partial charge < -0.3 is 19.7 Å². The first kappa shape index (κ1) is 25.9. The van der Waals surface area contributed by atoms with Gasteiger partial charge >= 0.3 is 0 Å². The molecule has 1 aliphatic heterocycles. The number of aryl methyl sites for hydroxylation is 1. The van der Waals surface area contributed by atoms with E-state index in [0.29, 0.717) is 43.2 Å². The van der Waals surface area contributed by atoms with Gasteiger partial charge in [0, 0.05) is 24.2 Å². The summed E-state index contributed by atoms with van der Waals surface area (Å²) in [6, 6.07) is 13.5. The average Bonchev–Trinajstić information content (AvgIpc) is 2.87. The summed E-state index contributed by atoms with van der Waals surface area (Å²) in [4.78, 5) is 39.4. The van der Waals surface area contributed by atoms with Gasteiger partial charge in [-0.25, -0.2) is 5.43 Å². The van der Waals surface area contributed by atoms with Crippen molar-refractivity contribution in [3.8, 4) is 5.75 Å². The second kappa shape index (κ2) is 12.7. The Kier molecular flexibility index (Phi) is 9.37. The van der Waals surface area contributed by atoms with Crippen LogP contribution in [0.25, 0.3) is 0 Å². The largest absolute Gasteiger partial charge is 0.483 e. The fraction of sp³-hybridized carbons (Fsp3) is 0.385. The molecule has 0 bridgehead atoms. The minimum atomic E-state index is -0.765. The predicted octanol–water partition coefficient (Wildman–Crippen LogP) is 2.14. The molecule has 0 saturated carbocycles. The topological polar surface area (TPSA) is 109 Å². The predicted molar refractivity (Wildman–Crippen MR) is 132 cm³/mol. The molecule has 1 fully saturated rings. The molecule has 0 aliphatic carbocycles. The normalized spacial score (nSPS) is 14.6. The Morgan fingerprint density at radius 2 is 1.77 bits per heavy atom. The van der Waals surface area contributed by atoms with Crippen molar-refractivity contribution in [2.45, 2.75) is 26.8 Å². The zero-order chi connectivity index (χ0) is 25.2. The van der Waals surface area contributed by atoms with Gasteiger partial charge in [0.25, 0.3) is 17.7 Å². The Morgan fingerprint density at radius 1 is 1.09 bits per heavy atom. The summed E-state index contributed by atoms with van der Waals surface area (Å²) in [5.74, 6) is -0.553. The Labute approximate surface area is 205 Å². The molecule has 3 rings (SSSR count). The highest BCUT2D eigenvalue weighted by molar-refractivity contribution is 5.97. The number of nitrogens with zero attached hydrogens (tertiary/aromatic N) is 2. The molecule has 2 N–H and O–H groups in total. The van der Waals surface area contributed by atoms with E-state index in [0.717, 1.165) is 5.56 Å². The van der Waals surface area contributed by atoms with E-state index in [-0.39, 0.29) is 24.3 Å². The van der Waals surface area contributed by atoms with Crippen molar-refractivity contribution in [3.05, 3.63) is 65.2 Å². The summed E-state index contributed by atoms with van der Waals surface area (Å²) >= 11 is 0. The Balaban J connectivity index is 1.57. The van der Waals surface area contributed by atoms with Gasteiger partial charge in [-0.15, -0.1) is 0 Å². The van der Waals surface area contributed by atoms with Gasteiger partial charge in [-0.2, -0.15) is 5.10 Å². The number of carbonyl (C=O) groups excluding carboxylic acids is 3. The molecule has 2 aromatic carbocycles. The Morgan fingerprint density at radius 3 is 2.46 bits per heavy atom. The summed E-state index contributed by atoms with van der Waals surface area (Å²) < 4.78 is 11.0. The molecular weight excluding hydrogens is 448 g/mol. The van der Waals surface area contributed by atoms with Gasteiger partial charge in [0.2, 0.25) is 0 Å². The van der Waals surface area contributed by atoms with E-state index in [1.165, 1.54) is 6.21 Å². The van der Waals surface area contributed by atoms with E-state index in [1.54, 1.807) is 41.3 Å². The van der Waals surface area contributed by atoms with E-state index in [1.807, 2.05) is 32.9 Å². The molecule has 3 amide bonds. The SMILES string of the molecule is Cc1ccc(C(=O)NC(C(=O)NN=Cc2ccccc2OCC(=O)N2CCOCC2)C(C)C)cc1. The summed E-state index contributed by atoms with van der Waals surface area (Å²) in [7, 11) is 0. The third-order valence-corrected chi connectivity index (χ3v) is 5.56. The summed E-state index contributed by atoms with van der Waals surface area (Å²) in [5, 5.41) is 6.82. The molecule has 1 heterocycles. The number of rotatable bonds is 9. The van der Waals surface area contributed by atoms with E-state index in [4.69, 9.17) is 9.47 Å². The standard InChI is InChI=1S/C26H32N4O5/c1-18(2)24(28-25(32)20-10-8-19(3)9-11-20)26(33)29-27-16-21-6-4-5-7-22(21)35-17-23(31)30-12-14-34-15-13-30/h4-11,16,18,24H,12-15,17H2,1-3H3,(H,28,32)(H,29,33). The molecule has 186 valence electrons. The maximum Gasteiger partial charge on any atom is 0.262 e. The van der Waals surface area contributed by atoms with Crippen LogP contribution in [0.3, 0.4) is 0 Å². The van der Waals surface area contributed by atoms with Crippen LogP contribution in [-0.2, 0) is 14.3 Å². The second-order valence-electron chi connectivity index (χ2n) is 8.62. The van der Waals surface area contributed by atoms with E-state index < -0.39 is 11.9 Å². The van der Waals surface area contributed by atoms with Crippen LogP contribution < -0.4 is 15.5 Å². The maximum atomic E-state index is 12.7. The van der Waals surface area contributed by atoms with Crippen molar-refractivity contribution >= 4 is 23.9 Å². The van der Waals surface area contributed by atoms with Gasteiger partial charge in [-0.05, 0) is 37.1 Å². The average molecular weight is 481 g/mol. The van der Waals surface area contributed by atoms with Gasteiger partial charge in [0.05, 0.1) is 19.4 Å². The Hall–Kier alpha value is -3.72. The lowest BCUT2D eigenvalue weighted by atomic mass is 10.0. The summed E-state index contributed by atoms with van der Waals surface area (Å²) in [6.45, 7) is 7.68. The molecule has 2 aromatic rings. The maximum absolute atomic E-state index is 12.7. The number of hydrogen-bond acceptors (Lipinski definition) is 6. The molecule has 0 aromatic heterocycles. The van der Waals surface area contributed by atoms with Crippen LogP contribution in [0.4, 0.5) is 0 Å². The summed E-state index contributed by atoms with van der Waals surface area (Å²) in [5.41, 5.74) is 4.62. The highest BCUT2D eigenvalue weighted by Crippen LogP contribution is 2.16. The van der Waals surface area contributed by atoms with Gasteiger partial charge in [0.1, 0.15) is 11.8 Å². The van der Waals surface area contributed by atoms with Crippen molar-refractivity contribution in [1.29, 1.82) is 0 Å². The van der Waals surface area contributed by atoms with Crippen LogP contribution in [-0.4, -0.2) is 67.8 Å². The smallest absolute Gasteiger partial charge is 0.262 e. The highest BCUT2D eigenvalue weighted by atomic mass is 16.5. The molecule has 0 spiro atoms. The fourth-order valence-electron chi connectivity index (χ4n) is 3.46. The molecule has 1 unspecified atom stereocenters. The lowest BCUT2D eigenvalue weighted by Gasteiger charge is -2.26. The first-order valence-corrected chi connectivity index (χ1v) is 11.6. The number of ether oxygens (including phenoxy) is 2. The molecule has 9 nitrogen and oxygen atoms in total. The van der Waals surface area contributed by atoms with Crippen LogP contribution in [0.15, 0.2) is 53.6 Å². The zero-order valence-corrected chi connectivity index (χ0v) is 20.3. The summed E-state index contributed by atoms with van der Waals surface area (Å²) in [6.07, 6.45) is 1.45. The number of nitrogens with one attached hydrogen (secondary N) is 2. The van der Waals surface area contributed by atoms with Gasteiger partial charge in [0.15, 0.2) is 6.61 Å². The van der Waals surface area contributed by atoms with Crippen molar-refractivity contribution in [3.63, 3.8) is 0 Å². The number of hydrogen-bond donors (Lipinski definition) is 2. The number of amides is 3. The van der Waals surface area contributed by atoms with Gasteiger partial charge in [-0.3, -0.25) is 14.4 Å². The van der Waals surface area contributed by atoms with Crippen molar-refractivity contribution in [2.24, 2.45) is 11.0 Å². The third kappa shape index (κ3) is 7.65. The van der Waals surface area contributed by atoms with E-state index >= 15 is 0 Å².